The van der Waals surface area contributed by atoms with Gasteiger partial charge in [-0.25, -0.2) is 0 Å². The largest absolute Gasteiger partial charge is 0.322 e. The van der Waals surface area contributed by atoms with Crippen molar-refractivity contribution >= 4 is 39.1 Å². The van der Waals surface area contributed by atoms with Gasteiger partial charge in [0.2, 0.25) is 0 Å². The van der Waals surface area contributed by atoms with Crippen LogP contribution in [-0.2, 0) is 0 Å². The highest BCUT2D eigenvalue weighted by atomic mass is 79.9. The zero-order valence-electron chi connectivity index (χ0n) is 12.0. The van der Waals surface area contributed by atoms with Crippen LogP contribution in [0, 0.1) is 0 Å². The molecule has 0 bridgehead atoms. The normalized spacial score (nSPS) is 12.0. The molecule has 0 fully saturated rings. The minimum atomic E-state index is -0.211. The van der Waals surface area contributed by atoms with Crippen molar-refractivity contribution in [3.63, 3.8) is 0 Å². The van der Waals surface area contributed by atoms with Crippen molar-refractivity contribution in [1.29, 1.82) is 0 Å². The smallest absolute Gasteiger partial charge is 0.257 e. The number of nitrogens with one attached hydrogen (secondary N) is 1. The highest BCUT2D eigenvalue weighted by Crippen LogP contribution is 2.27. The van der Waals surface area contributed by atoms with Crippen molar-refractivity contribution in [3.05, 3.63) is 63.1 Å². The molecule has 0 heterocycles. The molecule has 1 N–H and O–H groups in total. The van der Waals surface area contributed by atoms with Crippen molar-refractivity contribution in [2.24, 2.45) is 0 Å². The van der Waals surface area contributed by atoms with E-state index in [1.165, 1.54) is 5.56 Å². The molecule has 21 heavy (non-hydrogen) atoms. The minimum absolute atomic E-state index is 0.211. The van der Waals surface area contributed by atoms with Crippen molar-refractivity contribution in [2.75, 3.05) is 5.32 Å². The summed E-state index contributed by atoms with van der Waals surface area (Å²) in [7, 11) is 0. The van der Waals surface area contributed by atoms with Crippen LogP contribution in [0.1, 0.15) is 42.1 Å². The second-order valence-electron chi connectivity index (χ2n) is 4.99. The molecule has 0 aromatic heterocycles. The van der Waals surface area contributed by atoms with Crippen molar-refractivity contribution in [3.8, 4) is 0 Å². The van der Waals surface area contributed by atoms with E-state index >= 15 is 0 Å². The Morgan fingerprint density at radius 1 is 1.24 bits per heavy atom. The molecule has 2 aromatic carbocycles. The quantitative estimate of drug-likeness (QED) is 0.720. The molecule has 2 rings (SSSR count). The van der Waals surface area contributed by atoms with Gasteiger partial charge in [0, 0.05) is 10.2 Å². The van der Waals surface area contributed by atoms with Crippen LogP contribution in [0.4, 0.5) is 5.69 Å². The molecule has 0 radical (unpaired) electrons. The number of hydrogen-bond acceptors (Lipinski definition) is 1. The predicted octanol–water partition coefficient (Wildman–Crippen LogP) is 5.87. The number of halogens is 2. The standard InChI is InChI=1S/C17H17BrClNO/c1-3-11(2)12-7-9-13(10-8-12)20-17(21)14-5-4-6-15(18)16(14)19/h4-11H,3H2,1-2H3,(H,20,21). The van der Waals surface area contributed by atoms with E-state index < -0.39 is 0 Å². The number of amides is 1. The third kappa shape index (κ3) is 3.86. The van der Waals surface area contributed by atoms with Gasteiger partial charge in [-0.1, -0.05) is 43.6 Å². The highest BCUT2D eigenvalue weighted by Gasteiger charge is 2.12. The van der Waals surface area contributed by atoms with Gasteiger partial charge in [0.15, 0.2) is 0 Å². The zero-order valence-corrected chi connectivity index (χ0v) is 14.3. The summed E-state index contributed by atoms with van der Waals surface area (Å²) in [4.78, 5) is 12.2. The lowest BCUT2D eigenvalue weighted by Gasteiger charge is -2.11. The molecule has 1 amide bonds. The Balaban J connectivity index is 2.14. The van der Waals surface area contributed by atoms with Gasteiger partial charge in [0.25, 0.3) is 5.91 Å². The van der Waals surface area contributed by atoms with Crippen LogP contribution in [0.5, 0.6) is 0 Å². The lowest BCUT2D eigenvalue weighted by molar-refractivity contribution is 0.102. The maximum absolute atomic E-state index is 12.2. The van der Waals surface area contributed by atoms with E-state index in [0.29, 0.717) is 21.0 Å². The Morgan fingerprint density at radius 3 is 2.52 bits per heavy atom. The summed E-state index contributed by atoms with van der Waals surface area (Å²) in [6, 6.07) is 13.2. The van der Waals surface area contributed by atoms with E-state index in [-0.39, 0.29) is 5.91 Å². The first-order chi connectivity index (χ1) is 10.0. The summed E-state index contributed by atoms with van der Waals surface area (Å²) < 4.78 is 0.712. The molecule has 0 aliphatic carbocycles. The molecule has 0 aliphatic heterocycles. The van der Waals surface area contributed by atoms with E-state index in [1.54, 1.807) is 18.2 Å². The Labute approximate surface area is 138 Å². The summed E-state index contributed by atoms with van der Waals surface area (Å²) in [6.07, 6.45) is 1.10. The molecule has 0 saturated carbocycles. The van der Waals surface area contributed by atoms with E-state index in [1.807, 2.05) is 24.3 Å². The predicted molar refractivity (Wildman–Crippen MR) is 92.3 cm³/mol. The molecule has 4 heteroatoms. The van der Waals surface area contributed by atoms with Gasteiger partial charge in [-0.3, -0.25) is 4.79 Å². The fourth-order valence-corrected chi connectivity index (χ4v) is 2.59. The second kappa shape index (κ2) is 7.10. The average Bonchev–Trinajstić information content (AvgIpc) is 2.50. The van der Waals surface area contributed by atoms with Gasteiger partial charge in [-0.15, -0.1) is 0 Å². The molecule has 0 aliphatic rings. The zero-order chi connectivity index (χ0) is 15.4. The fourth-order valence-electron chi connectivity index (χ4n) is 2.01. The molecular formula is C17H17BrClNO. The van der Waals surface area contributed by atoms with E-state index in [9.17, 15) is 4.79 Å². The first-order valence-electron chi connectivity index (χ1n) is 6.88. The Kier molecular flexibility index (Phi) is 5.43. The van der Waals surface area contributed by atoms with Crippen molar-refractivity contribution < 1.29 is 4.79 Å². The first-order valence-corrected chi connectivity index (χ1v) is 8.05. The minimum Gasteiger partial charge on any atom is -0.322 e. The van der Waals surface area contributed by atoms with Gasteiger partial charge >= 0.3 is 0 Å². The maximum atomic E-state index is 12.2. The Morgan fingerprint density at radius 2 is 1.90 bits per heavy atom. The number of carbonyl (C=O) groups excluding carboxylic acids is 1. The summed E-state index contributed by atoms with van der Waals surface area (Å²) in [5.41, 5.74) is 2.50. The third-order valence-corrected chi connectivity index (χ3v) is 4.84. The summed E-state index contributed by atoms with van der Waals surface area (Å²) in [5, 5.41) is 3.29. The number of benzene rings is 2. The van der Waals surface area contributed by atoms with Crippen LogP contribution < -0.4 is 5.32 Å². The molecule has 110 valence electrons. The highest BCUT2D eigenvalue weighted by molar-refractivity contribution is 9.10. The lowest BCUT2D eigenvalue weighted by atomic mass is 9.98. The topological polar surface area (TPSA) is 29.1 Å². The fraction of sp³-hybridized carbons (Fsp3) is 0.235. The number of anilines is 1. The molecule has 2 nitrogen and oxygen atoms in total. The SMILES string of the molecule is CCC(C)c1ccc(NC(=O)c2cccc(Br)c2Cl)cc1. The second-order valence-corrected chi connectivity index (χ2v) is 6.22. The van der Waals surface area contributed by atoms with Crippen LogP contribution in [0.2, 0.25) is 5.02 Å². The third-order valence-electron chi connectivity index (χ3n) is 3.55. The lowest BCUT2D eigenvalue weighted by Crippen LogP contribution is -2.12. The van der Waals surface area contributed by atoms with Crippen LogP contribution in [0.25, 0.3) is 0 Å². The van der Waals surface area contributed by atoms with Crippen LogP contribution >= 0.6 is 27.5 Å². The molecule has 0 saturated heterocycles. The van der Waals surface area contributed by atoms with Gasteiger partial charge in [0.1, 0.15) is 0 Å². The van der Waals surface area contributed by atoms with Crippen molar-refractivity contribution in [1.82, 2.24) is 0 Å². The Hall–Kier alpha value is -1.32. The van der Waals surface area contributed by atoms with E-state index in [4.69, 9.17) is 11.6 Å². The van der Waals surface area contributed by atoms with Gasteiger partial charge < -0.3 is 5.32 Å². The van der Waals surface area contributed by atoms with Gasteiger partial charge in [-0.2, -0.15) is 0 Å². The molecule has 0 spiro atoms. The van der Waals surface area contributed by atoms with Gasteiger partial charge in [0.05, 0.1) is 10.6 Å². The number of carbonyl (C=O) groups is 1. The number of rotatable bonds is 4. The molecule has 1 atom stereocenters. The summed E-state index contributed by atoms with van der Waals surface area (Å²) >= 11 is 9.45. The van der Waals surface area contributed by atoms with Crippen LogP contribution in [-0.4, -0.2) is 5.91 Å². The van der Waals surface area contributed by atoms with Gasteiger partial charge in [-0.05, 0) is 58.1 Å². The monoisotopic (exact) mass is 365 g/mol. The summed E-state index contributed by atoms with van der Waals surface area (Å²) in [6.45, 7) is 4.35. The first kappa shape index (κ1) is 16.1. The molecular weight excluding hydrogens is 350 g/mol. The molecule has 1 unspecified atom stereocenters. The van der Waals surface area contributed by atoms with E-state index in [2.05, 4.69) is 35.1 Å². The van der Waals surface area contributed by atoms with Crippen LogP contribution in [0.3, 0.4) is 0 Å². The van der Waals surface area contributed by atoms with Crippen molar-refractivity contribution in [2.45, 2.75) is 26.2 Å². The van der Waals surface area contributed by atoms with Crippen LogP contribution in [0.15, 0.2) is 46.9 Å². The van der Waals surface area contributed by atoms with E-state index in [0.717, 1.165) is 12.1 Å². The number of hydrogen-bond donors (Lipinski definition) is 1. The Bertz CT molecular complexity index is 640. The maximum Gasteiger partial charge on any atom is 0.257 e. The average molecular weight is 367 g/mol. The summed E-state index contributed by atoms with van der Waals surface area (Å²) in [5.74, 6) is 0.312. The molecule has 2 aromatic rings.